The molecule has 0 saturated carbocycles. The van der Waals surface area contributed by atoms with Gasteiger partial charge in [0.25, 0.3) is 5.91 Å². The van der Waals surface area contributed by atoms with E-state index in [1.165, 1.54) is 11.3 Å². The lowest BCUT2D eigenvalue weighted by Gasteiger charge is -2.19. The maximum absolute atomic E-state index is 13.1. The van der Waals surface area contributed by atoms with E-state index in [0.717, 1.165) is 24.7 Å². The summed E-state index contributed by atoms with van der Waals surface area (Å²) in [6.07, 6.45) is 0. The first-order chi connectivity index (χ1) is 12.2. The Bertz CT molecular complexity index is 993. The zero-order chi connectivity index (χ0) is 17.2. The number of hydrogen-bond donors (Lipinski definition) is 0. The van der Waals surface area contributed by atoms with Crippen LogP contribution in [-0.4, -0.2) is 10.9 Å². The highest BCUT2D eigenvalue weighted by Gasteiger charge is 2.23. The van der Waals surface area contributed by atoms with Crippen molar-refractivity contribution < 1.29 is 4.79 Å². The second-order valence-electron chi connectivity index (χ2n) is 5.44. The van der Waals surface area contributed by atoms with Crippen molar-refractivity contribution in [2.24, 2.45) is 0 Å². The molecule has 1 amide bonds. The van der Waals surface area contributed by atoms with Gasteiger partial charge in [0.15, 0.2) is 5.13 Å². The number of fused-ring (bicyclic) bond motifs is 1. The fraction of sp³-hybridized carbons (Fsp3) is 0.0526. The van der Waals surface area contributed by atoms with Crippen LogP contribution >= 0.6 is 38.6 Å². The van der Waals surface area contributed by atoms with Crippen LogP contribution in [0.2, 0.25) is 0 Å². The van der Waals surface area contributed by atoms with Crippen LogP contribution in [0.15, 0.2) is 70.5 Å². The SMILES string of the molecule is O=C(c1ccc(Br)s1)N(Cc1ccccc1)c1nc2ccccc2s1. The Morgan fingerprint density at radius 3 is 2.44 bits per heavy atom. The average molecular weight is 429 g/mol. The lowest BCUT2D eigenvalue weighted by Crippen LogP contribution is -2.29. The summed E-state index contributed by atoms with van der Waals surface area (Å²) in [6.45, 7) is 0.495. The van der Waals surface area contributed by atoms with Gasteiger partial charge in [0.05, 0.1) is 25.4 Å². The molecule has 0 N–H and O–H groups in total. The average Bonchev–Trinajstić information content (AvgIpc) is 3.26. The Balaban J connectivity index is 1.75. The Kier molecular flexibility index (Phi) is 4.65. The van der Waals surface area contributed by atoms with Gasteiger partial charge in [-0.1, -0.05) is 53.8 Å². The highest BCUT2D eigenvalue weighted by Crippen LogP contribution is 2.32. The van der Waals surface area contributed by atoms with Gasteiger partial charge in [0.1, 0.15) is 0 Å². The summed E-state index contributed by atoms with van der Waals surface area (Å²) in [6, 6.07) is 21.7. The van der Waals surface area contributed by atoms with Crippen molar-refractivity contribution >= 4 is 59.9 Å². The molecule has 0 unspecified atom stereocenters. The smallest absolute Gasteiger partial charge is 0.270 e. The minimum atomic E-state index is -0.0291. The molecule has 0 aliphatic carbocycles. The van der Waals surface area contributed by atoms with Crippen molar-refractivity contribution in [1.82, 2.24) is 4.98 Å². The summed E-state index contributed by atoms with van der Waals surface area (Å²) < 4.78 is 2.02. The molecule has 2 aromatic carbocycles. The minimum absolute atomic E-state index is 0.0291. The van der Waals surface area contributed by atoms with Gasteiger partial charge in [-0.3, -0.25) is 9.69 Å². The second kappa shape index (κ2) is 7.07. The molecule has 4 aromatic rings. The van der Waals surface area contributed by atoms with E-state index < -0.39 is 0 Å². The van der Waals surface area contributed by atoms with E-state index in [1.54, 1.807) is 16.2 Å². The summed E-state index contributed by atoms with van der Waals surface area (Å²) in [5.74, 6) is -0.0291. The summed E-state index contributed by atoms with van der Waals surface area (Å²) in [4.78, 5) is 20.3. The fourth-order valence-electron chi connectivity index (χ4n) is 2.53. The topological polar surface area (TPSA) is 33.2 Å². The molecule has 2 aromatic heterocycles. The number of carbonyl (C=O) groups excluding carboxylic acids is 1. The molecule has 4 rings (SSSR count). The van der Waals surface area contributed by atoms with Crippen molar-refractivity contribution in [3.8, 4) is 0 Å². The van der Waals surface area contributed by atoms with Crippen molar-refractivity contribution in [3.05, 3.63) is 81.0 Å². The van der Waals surface area contributed by atoms with Gasteiger partial charge >= 0.3 is 0 Å². The summed E-state index contributed by atoms with van der Waals surface area (Å²) in [5.41, 5.74) is 1.99. The standard InChI is InChI=1S/C19H13BrN2OS2/c20-17-11-10-16(24-17)18(23)22(12-13-6-2-1-3-7-13)19-21-14-8-4-5-9-15(14)25-19/h1-11H,12H2. The van der Waals surface area contributed by atoms with Crippen LogP contribution in [-0.2, 0) is 6.54 Å². The Hall–Kier alpha value is -2.02. The highest BCUT2D eigenvalue weighted by atomic mass is 79.9. The molecule has 124 valence electrons. The molecule has 0 aliphatic rings. The lowest BCUT2D eigenvalue weighted by atomic mass is 10.2. The number of rotatable bonds is 4. The predicted octanol–water partition coefficient (Wildman–Crippen LogP) is 5.97. The van der Waals surface area contributed by atoms with E-state index in [1.807, 2.05) is 66.7 Å². The van der Waals surface area contributed by atoms with E-state index in [4.69, 9.17) is 0 Å². The lowest BCUT2D eigenvalue weighted by molar-refractivity contribution is 0.0989. The third-order valence-electron chi connectivity index (χ3n) is 3.73. The molecule has 0 fully saturated rings. The van der Waals surface area contributed by atoms with Gasteiger partial charge in [-0.25, -0.2) is 4.98 Å². The molecule has 0 radical (unpaired) electrons. The van der Waals surface area contributed by atoms with Crippen LogP contribution in [0.1, 0.15) is 15.2 Å². The van der Waals surface area contributed by atoms with E-state index in [0.29, 0.717) is 11.4 Å². The van der Waals surface area contributed by atoms with Crippen molar-refractivity contribution in [3.63, 3.8) is 0 Å². The van der Waals surface area contributed by atoms with Crippen molar-refractivity contribution in [1.29, 1.82) is 0 Å². The number of para-hydroxylation sites is 1. The van der Waals surface area contributed by atoms with E-state index in [9.17, 15) is 4.79 Å². The number of thiazole rings is 1. The molecule has 0 spiro atoms. The number of amides is 1. The number of anilines is 1. The zero-order valence-electron chi connectivity index (χ0n) is 13.1. The molecule has 2 heterocycles. The Labute approximate surface area is 161 Å². The van der Waals surface area contributed by atoms with Crippen LogP contribution in [0, 0.1) is 0 Å². The molecule has 6 heteroatoms. The monoisotopic (exact) mass is 428 g/mol. The number of hydrogen-bond acceptors (Lipinski definition) is 4. The second-order valence-corrected chi connectivity index (χ2v) is 8.92. The van der Waals surface area contributed by atoms with Gasteiger partial charge in [-0.2, -0.15) is 0 Å². The number of nitrogens with zero attached hydrogens (tertiary/aromatic N) is 2. The molecule has 0 atom stereocenters. The molecular weight excluding hydrogens is 416 g/mol. The molecule has 0 aliphatic heterocycles. The van der Waals surface area contributed by atoms with Crippen LogP contribution in [0.25, 0.3) is 10.2 Å². The number of thiophene rings is 1. The van der Waals surface area contributed by atoms with Gasteiger partial charge < -0.3 is 0 Å². The van der Waals surface area contributed by atoms with Crippen LogP contribution in [0.5, 0.6) is 0 Å². The predicted molar refractivity (Wildman–Crippen MR) is 109 cm³/mol. The maximum Gasteiger partial charge on any atom is 0.270 e. The van der Waals surface area contributed by atoms with E-state index in [2.05, 4.69) is 20.9 Å². The molecule has 0 saturated heterocycles. The van der Waals surface area contributed by atoms with Crippen LogP contribution < -0.4 is 4.90 Å². The number of aromatic nitrogens is 1. The largest absolute Gasteiger partial charge is 0.279 e. The third-order valence-corrected chi connectivity index (χ3v) is 6.40. The van der Waals surface area contributed by atoms with Crippen LogP contribution in [0.4, 0.5) is 5.13 Å². The zero-order valence-corrected chi connectivity index (χ0v) is 16.3. The van der Waals surface area contributed by atoms with Crippen molar-refractivity contribution in [2.75, 3.05) is 4.90 Å². The van der Waals surface area contributed by atoms with Gasteiger partial charge in [-0.05, 0) is 45.8 Å². The Morgan fingerprint density at radius 1 is 0.960 bits per heavy atom. The van der Waals surface area contributed by atoms with E-state index >= 15 is 0 Å². The van der Waals surface area contributed by atoms with Crippen LogP contribution in [0.3, 0.4) is 0 Å². The minimum Gasteiger partial charge on any atom is -0.279 e. The number of benzene rings is 2. The molecule has 0 bridgehead atoms. The summed E-state index contributed by atoms with van der Waals surface area (Å²) >= 11 is 6.42. The van der Waals surface area contributed by atoms with Gasteiger partial charge in [0.2, 0.25) is 0 Å². The molecule has 25 heavy (non-hydrogen) atoms. The normalized spacial score (nSPS) is 10.9. The first-order valence-electron chi connectivity index (χ1n) is 7.67. The van der Waals surface area contributed by atoms with Crippen molar-refractivity contribution in [2.45, 2.75) is 6.54 Å². The first-order valence-corrected chi connectivity index (χ1v) is 10.1. The highest BCUT2D eigenvalue weighted by molar-refractivity contribution is 9.11. The van der Waals surface area contributed by atoms with Gasteiger partial charge in [0, 0.05) is 0 Å². The summed E-state index contributed by atoms with van der Waals surface area (Å²) in [7, 11) is 0. The van der Waals surface area contributed by atoms with Gasteiger partial charge in [-0.15, -0.1) is 11.3 Å². The molecule has 3 nitrogen and oxygen atoms in total. The summed E-state index contributed by atoms with van der Waals surface area (Å²) in [5, 5.41) is 0.722. The quantitative estimate of drug-likeness (QED) is 0.401. The Morgan fingerprint density at radius 2 is 1.72 bits per heavy atom. The third kappa shape index (κ3) is 3.51. The fourth-order valence-corrected chi connectivity index (χ4v) is 4.83. The maximum atomic E-state index is 13.1. The molecular formula is C19H13BrN2OS2. The number of carbonyl (C=O) groups is 1. The number of halogens is 1. The van der Waals surface area contributed by atoms with E-state index in [-0.39, 0.29) is 5.91 Å². The first kappa shape index (κ1) is 16.4.